The van der Waals surface area contributed by atoms with E-state index in [1.54, 1.807) is 13.0 Å². The normalized spacial score (nSPS) is 12.4. The van der Waals surface area contributed by atoms with E-state index in [0.29, 0.717) is 10.7 Å². The number of ether oxygens (including phenoxy) is 2. The second-order valence-electron chi connectivity index (χ2n) is 4.68. The van der Waals surface area contributed by atoms with E-state index < -0.39 is 28.6 Å². The lowest BCUT2D eigenvalue weighted by atomic mass is 10.3. The lowest BCUT2D eigenvalue weighted by molar-refractivity contribution is -0.153. The van der Waals surface area contributed by atoms with Crippen molar-refractivity contribution in [3.8, 4) is 0 Å². The maximum atomic E-state index is 12.3. The molecule has 0 bridgehead atoms. The highest BCUT2D eigenvalue weighted by Crippen LogP contribution is 2.34. The third kappa shape index (κ3) is 7.25. The lowest BCUT2D eigenvalue weighted by Gasteiger charge is -2.32. The summed E-state index contributed by atoms with van der Waals surface area (Å²) in [7, 11) is 1.34. The number of hydrogen-bond donors (Lipinski definition) is 1. The number of carbonyl (C=O) groups is 2. The lowest BCUT2D eigenvalue weighted by Crippen LogP contribution is -2.49. The number of esters is 1. The molecular formula is C14H15Cl5N2O4. The van der Waals surface area contributed by atoms with Gasteiger partial charge in [-0.05, 0) is 25.1 Å². The number of carbonyl (C=O) groups excluding carboxylic acids is 2. The van der Waals surface area contributed by atoms with Gasteiger partial charge in [-0.2, -0.15) is 0 Å². The molecule has 1 N–H and O–H groups in total. The van der Waals surface area contributed by atoms with Gasteiger partial charge in [-0.1, -0.05) is 58.0 Å². The SMILES string of the molecule is CCOC(=O)COC(N(C)C(=O)Nc1ccc(Cl)c(Cl)c1)C(Cl)(Cl)Cl. The molecule has 2 amide bonds. The Balaban J connectivity index is 2.81. The molecule has 0 saturated heterocycles. The summed E-state index contributed by atoms with van der Waals surface area (Å²) in [4.78, 5) is 24.7. The Hall–Kier alpha value is -0.630. The van der Waals surface area contributed by atoms with Crippen LogP contribution in [0.4, 0.5) is 10.5 Å². The average molecular weight is 453 g/mol. The maximum Gasteiger partial charge on any atom is 0.332 e. The first-order valence-corrected chi connectivity index (χ1v) is 8.78. The largest absolute Gasteiger partial charge is 0.464 e. The third-order valence-electron chi connectivity index (χ3n) is 2.79. The van der Waals surface area contributed by atoms with Gasteiger partial charge in [-0.25, -0.2) is 9.59 Å². The Morgan fingerprint density at radius 2 is 1.88 bits per heavy atom. The third-order valence-corrected chi connectivity index (χ3v) is 4.09. The first kappa shape index (κ1) is 22.4. The number of amides is 2. The van der Waals surface area contributed by atoms with E-state index in [0.717, 1.165) is 4.90 Å². The second-order valence-corrected chi connectivity index (χ2v) is 7.86. The summed E-state index contributed by atoms with van der Waals surface area (Å²) in [6.45, 7) is 1.33. The predicted molar refractivity (Wildman–Crippen MR) is 99.9 cm³/mol. The fraction of sp³-hybridized carbons (Fsp3) is 0.429. The van der Waals surface area contributed by atoms with Crippen LogP contribution in [0.5, 0.6) is 0 Å². The molecular weight excluding hydrogens is 437 g/mol. The summed E-state index contributed by atoms with van der Waals surface area (Å²) in [5.41, 5.74) is 0.375. The number of anilines is 1. The number of hydrogen-bond acceptors (Lipinski definition) is 4. The fourth-order valence-corrected chi connectivity index (χ4v) is 2.59. The van der Waals surface area contributed by atoms with Crippen LogP contribution in [0.15, 0.2) is 18.2 Å². The van der Waals surface area contributed by atoms with Crippen molar-refractivity contribution in [2.45, 2.75) is 16.9 Å². The van der Waals surface area contributed by atoms with E-state index in [4.69, 9.17) is 67.5 Å². The number of halogens is 5. The van der Waals surface area contributed by atoms with Crippen LogP contribution in [0.1, 0.15) is 6.92 Å². The summed E-state index contributed by atoms with van der Waals surface area (Å²) >= 11 is 29.2. The number of urea groups is 1. The van der Waals surface area contributed by atoms with Gasteiger partial charge in [0, 0.05) is 12.7 Å². The molecule has 0 spiro atoms. The van der Waals surface area contributed by atoms with Crippen LogP contribution >= 0.6 is 58.0 Å². The zero-order chi connectivity index (χ0) is 19.2. The molecule has 1 aromatic rings. The molecule has 0 aromatic heterocycles. The zero-order valence-corrected chi connectivity index (χ0v) is 17.0. The van der Waals surface area contributed by atoms with Gasteiger partial charge in [0.15, 0.2) is 6.23 Å². The molecule has 1 atom stereocenters. The quantitative estimate of drug-likeness (QED) is 0.385. The van der Waals surface area contributed by atoms with Crippen molar-refractivity contribution in [1.82, 2.24) is 4.90 Å². The molecule has 11 heteroatoms. The highest BCUT2D eigenvalue weighted by atomic mass is 35.6. The minimum atomic E-state index is -2.00. The molecule has 0 radical (unpaired) electrons. The van der Waals surface area contributed by atoms with Gasteiger partial charge in [0.1, 0.15) is 6.61 Å². The molecule has 1 aromatic carbocycles. The number of alkyl halides is 3. The van der Waals surface area contributed by atoms with Crippen molar-refractivity contribution < 1.29 is 19.1 Å². The van der Waals surface area contributed by atoms with Crippen molar-refractivity contribution >= 4 is 75.7 Å². The van der Waals surface area contributed by atoms with Crippen molar-refractivity contribution in [1.29, 1.82) is 0 Å². The van der Waals surface area contributed by atoms with Gasteiger partial charge in [0.2, 0.25) is 3.79 Å². The summed E-state index contributed by atoms with van der Waals surface area (Å²) < 4.78 is 7.95. The van der Waals surface area contributed by atoms with E-state index in [1.165, 1.54) is 19.2 Å². The van der Waals surface area contributed by atoms with Crippen molar-refractivity contribution in [3.63, 3.8) is 0 Å². The Bertz CT molecular complexity index is 624. The van der Waals surface area contributed by atoms with Crippen LogP contribution in [0.3, 0.4) is 0 Å². The van der Waals surface area contributed by atoms with E-state index in [2.05, 4.69) is 5.32 Å². The molecule has 0 saturated carbocycles. The highest BCUT2D eigenvalue weighted by Gasteiger charge is 2.39. The minimum absolute atomic E-state index is 0.175. The van der Waals surface area contributed by atoms with Crippen LogP contribution in [-0.4, -0.2) is 47.2 Å². The van der Waals surface area contributed by atoms with Gasteiger partial charge in [0.25, 0.3) is 0 Å². The Morgan fingerprint density at radius 1 is 1.24 bits per heavy atom. The van der Waals surface area contributed by atoms with E-state index in [9.17, 15) is 9.59 Å². The van der Waals surface area contributed by atoms with Crippen LogP contribution in [-0.2, 0) is 14.3 Å². The Kier molecular flexibility index (Phi) is 8.87. The summed E-state index contributed by atoms with van der Waals surface area (Å²) in [6, 6.07) is 3.87. The monoisotopic (exact) mass is 450 g/mol. The summed E-state index contributed by atoms with van der Waals surface area (Å²) in [5, 5.41) is 3.15. The van der Waals surface area contributed by atoms with Crippen LogP contribution in [0.25, 0.3) is 0 Å². The number of benzene rings is 1. The Morgan fingerprint density at radius 3 is 2.40 bits per heavy atom. The predicted octanol–water partition coefficient (Wildman–Crippen LogP) is 4.73. The van der Waals surface area contributed by atoms with E-state index in [1.807, 2.05) is 0 Å². The first-order chi connectivity index (χ1) is 11.6. The van der Waals surface area contributed by atoms with Gasteiger partial charge >= 0.3 is 12.0 Å². The van der Waals surface area contributed by atoms with Gasteiger partial charge < -0.3 is 14.8 Å². The molecule has 0 fully saturated rings. The zero-order valence-electron chi connectivity index (χ0n) is 13.2. The molecule has 0 aliphatic carbocycles. The van der Waals surface area contributed by atoms with Crippen LogP contribution in [0, 0.1) is 0 Å². The minimum Gasteiger partial charge on any atom is -0.464 e. The van der Waals surface area contributed by atoms with Crippen molar-refractivity contribution in [3.05, 3.63) is 28.2 Å². The molecule has 1 unspecified atom stereocenters. The van der Waals surface area contributed by atoms with Gasteiger partial charge in [-0.15, -0.1) is 0 Å². The van der Waals surface area contributed by atoms with E-state index in [-0.39, 0.29) is 11.6 Å². The molecule has 0 aliphatic heterocycles. The van der Waals surface area contributed by atoms with Crippen LogP contribution < -0.4 is 5.32 Å². The average Bonchev–Trinajstić information content (AvgIpc) is 2.49. The fourth-order valence-electron chi connectivity index (χ4n) is 1.67. The number of nitrogens with zero attached hydrogens (tertiary/aromatic N) is 1. The smallest absolute Gasteiger partial charge is 0.332 e. The maximum absolute atomic E-state index is 12.3. The van der Waals surface area contributed by atoms with E-state index >= 15 is 0 Å². The molecule has 1 rings (SSSR count). The highest BCUT2D eigenvalue weighted by molar-refractivity contribution is 6.68. The van der Waals surface area contributed by atoms with Crippen molar-refractivity contribution in [2.75, 3.05) is 25.6 Å². The summed E-state index contributed by atoms with van der Waals surface area (Å²) in [6.07, 6.45) is -1.34. The molecule has 6 nitrogen and oxygen atoms in total. The topological polar surface area (TPSA) is 67.9 Å². The molecule has 25 heavy (non-hydrogen) atoms. The molecule has 0 heterocycles. The Labute approximate surface area is 170 Å². The summed E-state index contributed by atoms with van der Waals surface area (Å²) in [5.74, 6) is -0.653. The van der Waals surface area contributed by atoms with Gasteiger partial charge in [-0.3, -0.25) is 4.90 Å². The number of nitrogens with one attached hydrogen (secondary N) is 1. The molecule has 140 valence electrons. The standard InChI is InChI=1S/C14H15Cl5N2O4/c1-3-24-11(22)7-25-12(14(17,18)19)21(2)13(23)20-8-4-5-9(15)10(16)6-8/h4-6,12H,3,7H2,1-2H3,(H,20,23). The van der Waals surface area contributed by atoms with Crippen LogP contribution in [0.2, 0.25) is 10.0 Å². The second kappa shape index (κ2) is 9.90. The van der Waals surface area contributed by atoms with Crippen molar-refractivity contribution in [2.24, 2.45) is 0 Å². The number of rotatable bonds is 6. The first-order valence-electron chi connectivity index (χ1n) is 6.89. The molecule has 0 aliphatic rings. The van der Waals surface area contributed by atoms with Gasteiger partial charge in [0.05, 0.1) is 16.7 Å².